The Kier molecular flexibility index (Phi) is 4.83. The van der Waals surface area contributed by atoms with Crippen LogP contribution < -0.4 is 0 Å². The summed E-state index contributed by atoms with van der Waals surface area (Å²) in [6, 6.07) is 10.3. The molecule has 0 spiro atoms. The highest BCUT2D eigenvalue weighted by Crippen LogP contribution is 2.19. The van der Waals surface area contributed by atoms with E-state index in [4.69, 9.17) is 0 Å². The lowest BCUT2D eigenvalue weighted by Crippen LogP contribution is -1.94. The first kappa shape index (κ1) is 14.2. The summed E-state index contributed by atoms with van der Waals surface area (Å²) in [6.07, 6.45) is 9.12. The van der Waals surface area contributed by atoms with Gasteiger partial charge in [-0.25, -0.2) is 9.97 Å². The van der Waals surface area contributed by atoms with E-state index in [1.807, 2.05) is 25.3 Å². The van der Waals surface area contributed by atoms with E-state index in [2.05, 4.69) is 60.2 Å². The minimum Gasteiger partial charge on any atom is -0.237 e. The van der Waals surface area contributed by atoms with Crippen LogP contribution in [0, 0.1) is 6.92 Å². The van der Waals surface area contributed by atoms with Gasteiger partial charge in [0, 0.05) is 11.8 Å². The van der Waals surface area contributed by atoms with Gasteiger partial charge in [-0.3, -0.25) is 0 Å². The second-order valence-corrected chi connectivity index (χ2v) is 4.70. The summed E-state index contributed by atoms with van der Waals surface area (Å²) >= 11 is 0. The van der Waals surface area contributed by atoms with Gasteiger partial charge in [0.2, 0.25) is 0 Å². The third-order valence-electron chi connectivity index (χ3n) is 3.03. The molecule has 0 atom stereocenters. The summed E-state index contributed by atoms with van der Waals surface area (Å²) < 4.78 is 0. The predicted molar refractivity (Wildman–Crippen MR) is 85.3 cm³/mol. The van der Waals surface area contributed by atoms with Crippen molar-refractivity contribution in [1.82, 2.24) is 9.97 Å². The van der Waals surface area contributed by atoms with Gasteiger partial charge < -0.3 is 0 Å². The van der Waals surface area contributed by atoms with E-state index < -0.39 is 0 Å². The average molecular weight is 264 g/mol. The van der Waals surface area contributed by atoms with Crippen molar-refractivity contribution in [3.63, 3.8) is 0 Å². The Balaban J connectivity index is 2.41. The summed E-state index contributed by atoms with van der Waals surface area (Å²) in [4.78, 5) is 9.06. The van der Waals surface area contributed by atoms with Crippen molar-refractivity contribution >= 4 is 5.57 Å². The van der Waals surface area contributed by atoms with Crippen LogP contribution in [0.1, 0.15) is 31.5 Å². The van der Waals surface area contributed by atoms with Crippen molar-refractivity contribution in [2.75, 3.05) is 0 Å². The van der Waals surface area contributed by atoms with Gasteiger partial charge >= 0.3 is 0 Å². The Morgan fingerprint density at radius 1 is 1.15 bits per heavy atom. The standard InChI is InChI=1S/C18H20N2/c1-4-6-15(7-5-2)17-12-13-19-18(20-17)16-10-8-14(3)9-11-16/h4,6-13H,5H2,1-3H3/b6-4-,15-7+. The zero-order valence-corrected chi connectivity index (χ0v) is 12.3. The highest BCUT2D eigenvalue weighted by Gasteiger charge is 2.04. The van der Waals surface area contributed by atoms with E-state index in [0.29, 0.717) is 0 Å². The lowest BCUT2D eigenvalue weighted by atomic mass is 10.1. The molecule has 0 fully saturated rings. The van der Waals surface area contributed by atoms with Crippen LogP contribution in [0.15, 0.2) is 54.8 Å². The van der Waals surface area contributed by atoms with Gasteiger partial charge in [-0.15, -0.1) is 0 Å². The van der Waals surface area contributed by atoms with Gasteiger partial charge in [-0.05, 0) is 31.9 Å². The van der Waals surface area contributed by atoms with Crippen LogP contribution >= 0.6 is 0 Å². The number of hydrogen-bond donors (Lipinski definition) is 0. The molecule has 2 nitrogen and oxygen atoms in total. The molecule has 0 N–H and O–H groups in total. The average Bonchev–Trinajstić information content (AvgIpc) is 2.48. The monoisotopic (exact) mass is 264 g/mol. The number of aryl methyl sites for hydroxylation is 1. The summed E-state index contributed by atoms with van der Waals surface area (Å²) in [5, 5.41) is 0. The molecular formula is C18H20N2. The van der Waals surface area contributed by atoms with Crippen LogP contribution in [0.4, 0.5) is 0 Å². The van der Waals surface area contributed by atoms with Crippen molar-refractivity contribution in [1.29, 1.82) is 0 Å². The molecule has 1 aromatic carbocycles. The largest absolute Gasteiger partial charge is 0.237 e. The van der Waals surface area contributed by atoms with Crippen LogP contribution in [0.3, 0.4) is 0 Å². The summed E-state index contributed by atoms with van der Waals surface area (Å²) in [5.74, 6) is 0.772. The van der Waals surface area contributed by atoms with E-state index in [0.717, 1.165) is 29.1 Å². The van der Waals surface area contributed by atoms with Crippen molar-refractivity contribution in [2.24, 2.45) is 0 Å². The molecule has 1 aromatic heterocycles. The normalized spacial score (nSPS) is 12.1. The van der Waals surface area contributed by atoms with Crippen LogP contribution in [-0.4, -0.2) is 9.97 Å². The predicted octanol–water partition coefficient (Wildman–Crippen LogP) is 4.82. The third-order valence-corrected chi connectivity index (χ3v) is 3.03. The molecule has 0 saturated carbocycles. The van der Waals surface area contributed by atoms with E-state index in [1.165, 1.54) is 5.56 Å². The first-order valence-electron chi connectivity index (χ1n) is 6.98. The van der Waals surface area contributed by atoms with E-state index >= 15 is 0 Å². The minimum atomic E-state index is 0.772. The fourth-order valence-corrected chi connectivity index (χ4v) is 2.02. The molecule has 0 bridgehead atoms. The molecule has 0 unspecified atom stereocenters. The van der Waals surface area contributed by atoms with Crippen molar-refractivity contribution in [3.05, 3.63) is 66.0 Å². The molecule has 2 rings (SSSR count). The second-order valence-electron chi connectivity index (χ2n) is 4.70. The van der Waals surface area contributed by atoms with Crippen LogP contribution in [0.25, 0.3) is 17.0 Å². The lowest BCUT2D eigenvalue weighted by Gasteiger charge is -2.05. The Hall–Kier alpha value is -2.22. The number of nitrogens with zero attached hydrogens (tertiary/aromatic N) is 2. The molecule has 2 heteroatoms. The molecule has 0 aliphatic heterocycles. The topological polar surface area (TPSA) is 25.8 Å². The van der Waals surface area contributed by atoms with Crippen LogP contribution in [0.2, 0.25) is 0 Å². The first-order chi connectivity index (χ1) is 9.74. The fraction of sp³-hybridized carbons (Fsp3) is 0.222. The number of benzene rings is 1. The summed E-state index contributed by atoms with van der Waals surface area (Å²) in [6.45, 7) is 6.23. The molecule has 0 aliphatic rings. The highest BCUT2D eigenvalue weighted by atomic mass is 14.9. The van der Waals surface area contributed by atoms with Gasteiger partial charge in [0.1, 0.15) is 0 Å². The second kappa shape index (κ2) is 6.80. The molecule has 0 saturated heterocycles. The maximum atomic E-state index is 4.68. The quantitative estimate of drug-likeness (QED) is 0.740. The Bertz CT molecular complexity index is 622. The molecule has 2 aromatic rings. The third kappa shape index (κ3) is 3.41. The Morgan fingerprint density at radius 2 is 1.90 bits per heavy atom. The fourth-order valence-electron chi connectivity index (χ4n) is 2.02. The first-order valence-corrected chi connectivity index (χ1v) is 6.98. The zero-order valence-electron chi connectivity index (χ0n) is 12.3. The van der Waals surface area contributed by atoms with Crippen molar-refractivity contribution in [3.8, 4) is 11.4 Å². The Labute approximate surface area is 120 Å². The van der Waals surface area contributed by atoms with E-state index in [1.54, 1.807) is 0 Å². The molecule has 0 radical (unpaired) electrons. The maximum Gasteiger partial charge on any atom is 0.159 e. The van der Waals surface area contributed by atoms with Gasteiger partial charge in [0.05, 0.1) is 5.69 Å². The molecule has 102 valence electrons. The van der Waals surface area contributed by atoms with E-state index in [9.17, 15) is 0 Å². The molecule has 20 heavy (non-hydrogen) atoms. The molecule has 1 heterocycles. The Morgan fingerprint density at radius 3 is 2.55 bits per heavy atom. The smallest absolute Gasteiger partial charge is 0.159 e. The SMILES string of the molecule is C/C=C\C(=C/CC)c1ccnc(-c2ccc(C)cc2)n1. The molecule has 0 amide bonds. The van der Waals surface area contributed by atoms with Gasteiger partial charge in [-0.1, -0.05) is 55.0 Å². The highest BCUT2D eigenvalue weighted by molar-refractivity contribution is 5.72. The number of allylic oxidation sites excluding steroid dienone is 4. The molecular weight excluding hydrogens is 244 g/mol. The number of rotatable bonds is 4. The van der Waals surface area contributed by atoms with Gasteiger partial charge in [-0.2, -0.15) is 0 Å². The number of hydrogen-bond acceptors (Lipinski definition) is 2. The van der Waals surface area contributed by atoms with Crippen LogP contribution in [-0.2, 0) is 0 Å². The van der Waals surface area contributed by atoms with Gasteiger partial charge in [0.15, 0.2) is 5.82 Å². The summed E-state index contributed by atoms with van der Waals surface area (Å²) in [5.41, 5.74) is 4.40. The minimum absolute atomic E-state index is 0.772. The summed E-state index contributed by atoms with van der Waals surface area (Å²) in [7, 11) is 0. The van der Waals surface area contributed by atoms with Crippen molar-refractivity contribution < 1.29 is 0 Å². The maximum absolute atomic E-state index is 4.68. The van der Waals surface area contributed by atoms with Crippen LogP contribution in [0.5, 0.6) is 0 Å². The number of aromatic nitrogens is 2. The lowest BCUT2D eigenvalue weighted by molar-refractivity contribution is 1.14. The molecule has 0 aliphatic carbocycles. The zero-order chi connectivity index (χ0) is 14.4. The van der Waals surface area contributed by atoms with Gasteiger partial charge in [0.25, 0.3) is 0 Å². The van der Waals surface area contributed by atoms with E-state index in [-0.39, 0.29) is 0 Å². The van der Waals surface area contributed by atoms with Crippen molar-refractivity contribution in [2.45, 2.75) is 27.2 Å².